The van der Waals surface area contributed by atoms with Crippen molar-refractivity contribution in [3.05, 3.63) is 54.1 Å². The van der Waals surface area contributed by atoms with E-state index in [2.05, 4.69) is 35.7 Å². The quantitative estimate of drug-likeness (QED) is 0.564. The fraction of sp³-hybridized carbons (Fsp3) is 0.400. The second-order valence-corrected chi connectivity index (χ2v) is 6.91. The fourth-order valence-electron chi connectivity index (χ4n) is 4.68. The van der Waals surface area contributed by atoms with E-state index in [-0.39, 0.29) is 0 Å². The van der Waals surface area contributed by atoms with E-state index >= 15 is 0 Å². The number of fused-ring (bicyclic) bond motifs is 5. The second kappa shape index (κ2) is 7.33. The molecule has 3 N–H and O–H groups in total. The molecule has 1 heterocycles. The maximum atomic E-state index is 9.55. The van der Waals surface area contributed by atoms with Gasteiger partial charge in [-0.25, -0.2) is 9.59 Å². The molecule has 0 spiro atoms. The van der Waals surface area contributed by atoms with Gasteiger partial charge in [-0.3, -0.25) is 0 Å². The van der Waals surface area contributed by atoms with E-state index in [4.69, 9.17) is 14.9 Å². The number of rotatable bonds is 4. The normalized spacial score (nSPS) is 30.7. The second-order valence-electron chi connectivity index (χ2n) is 6.91. The van der Waals surface area contributed by atoms with Crippen molar-refractivity contribution in [2.24, 2.45) is 17.8 Å². The highest BCUT2D eigenvalue weighted by Gasteiger charge is 2.58. The largest absolute Gasteiger partial charge is 0.497 e. The van der Waals surface area contributed by atoms with Crippen LogP contribution in [0.2, 0.25) is 0 Å². The average molecular weight is 357 g/mol. The first kappa shape index (κ1) is 18.2. The molecule has 6 heteroatoms. The molecule has 2 aliphatic carbocycles. The lowest BCUT2D eigenvalue weighted by molar-refractivity contribution is -0.134. The molecule has 6 nitrogen and oxygen atoms in total. The van der Waals surface area contributed by atoms with E-state index in [9.17, 15) is 9.59 Å². The molecular formula is C20H23NO5. The first-order valence-electron chi connectivity index (χ1n) is 8.65. The minimum absolute atomic E-state index is 0.327. The lowest BCUT2D eigenvalue weighted by Gasteiger charge is -2.37. The van der Waals surface area contributed by atoms with Crippen molar-refractivity contribution >= 4 is 11.9 Å². The van der Waals surface area contributed by atoms with Crippen LogP contribution in [0.1, 0.15) is 12.0 Å². The molecule has 4 atom stereocenters. The smallest absolute Gasteiger partial charge is 0.328 e. The summed E-state index contributed by atoms with van der Waals surface area (Å²) >= 11 is 0. The summed E-state index contributed by atoms with van der Waals surface area (Å²) in [6.07, 6.45) is 7.36. The highest BCUT2D eigenvalue weighted by atomic mass is 16.5. The standard InChI is InChI=1S/C16H19NO.C4H4O4/c1-18-14-4-2-3-12(8-14)16-10-17-9-15(16)11-5-6-13(16)7-11;5-3(6)1-2-4(7)8/h2-6,8,11,13,15,17H,7,9-10H2,1H3;1-2H,(H,5,6)(H,7,8)/b;2-1-. The van der Waals surface area contributed by atoms with Gasteiger partial charge in [0.25, 0.3) is 0 Å². The first-order chi connectivity index (χ1) is 12.5. The number of methoxy groups -OCH3 is 1. The van der Waals surface area contributed by atoms with Crippen molar-refractivity contribution in [1.29, 1.82) is 0 Å². The van der Waals surface area contributed by atoms with Crippen molar-refractivity contribution in [2.75, 3.05) is 20.2 Å². The summed E-state index contributed by atoms with van der Waals surface area (Å²) in [5.74, 6) is 0.754. The minimum atomic E-state index is -1.26. The maximum Gasteiger partial charge on any atom is 0.328 e. The van der Waals surface area contributed by atoms with Crippen LogP contribution in [0.15, 0.2) is 48.6 Å². The molecule has 26 heavy (non-hydrogen) atoms. The molecule has 1 aromatic rings. The molecule has 2 bridgehead atoms. The van der Waals surface area contributed by atoms with Gasteiger partial charge in [-0.1, -0.05) is 24.3 Å². The number of hydrogen-bond donors (Lipinski definition) is 3. The summed E-state index contributed by atoms with van der Waals surface area (Å²) in [6, 6.07) is 8.71. The number of aliphatic carboxylic acids is 2. The Bertz CT molecular complexity index is 740. The van der Waals surface area contributed by atoms with E-state index in [0.29, 0.717) is 17.6 Å². The summed E-state index contributed by atoms with van der Waals surface area (Å²) in [5, 5.41) is 19.2. The van der Waals surface area contributed by atoms with Gasteiger partial charge < -0.3 is 20.3 Å². The van der Waals surface area contributed by atoms with E-state index in [1.807, 2.05) is 6.07 Å². The third-order valence-corrected chi connectivity index (χ3v) is 5.71. The van der Waals surface area contributed by atoms with Crippen LogP contribution in [0.25, 0.3) is 0 Å². The predicted octanol–water partition coefficient (Wildman–Crippen LogP) is 2.07. The van der Waals surface area contributed by atoms with Crippen LogP contribution in [0, 0.1) is 17.8 Å². The molecule has 0 aromatic heterocycles. The van der Waals surface area contributed by atoms with E-state index in [1.165, 1.54) is 18.5 Å². The summed E-state index contributed by atoms with van der Waals surface area (Å²) < 4.78 is 5.40. The van der Waals surface area contributed by atoms with Gasteiger partial charge in [0.1, 0.15) is 5.75 Å². The highest BCUT2D eigenvalue weighted by Crippen LogP contribution is 2.58. The molecule has 4 unspecified atom stereocenters. The molecule has 3 aliphatic rings. The molecule has 1 saturated heterocycles. The Kier molecular flexibility index (Phi) is 5.13. The van der Waals surface area contributed by atoms with Crippen LogP contribution >= 0.6 is 0 Å². The number of carbonyl (C=O) groups is 2. The number of allylic oxidation sites excluding steroid dienone is 2. The Morgan fingerprint density at radius 1 is 1.23 bits per heavy atom. The monoisotopic (exact) mass is 357 g/mol. The Morgan fingerprint density at radius 3 is 2.62 bits per heavy atom. The van der Waals surface area contributed by atoms with Gasteiger partial charge in [-0.15, -0.1) is 0 Å². The molecule has 138 valence electrons. The van der Waals surface area contributed by atoms with Gasteiger partial charge in [0.2, 0.25) is 0 Å². The molecular weight excluding hydrogens is 334 g/mol. The lowest BCUT2D eigenvalue weighted by atomic mass is 9.66. The summed E-state index contributed by atoms with van der Waals surface area (Å²) in [4.78, 5) is 19.1. The molecule has 0 amide bonds. The van der Waals surface area contributed by atoms with Gasteiger partial charge in [-0.2, -0.15) is 0 Å². The van der Waals surface area contributed by atoms with Crippen LogP contribution in [0.4, 0.5) is 0 Å². The lowest BCUT2D eigenvalue weighted by Crippen LogP contribution is -2.38. The van der Waals surface area contributed by atoms with Crippen LogP contribution in [-0.2, 0) is 15.0 Å². The zero-order valence-corrected chi connectivity index (χ0v) is 14.6. The van der Waals surface area contributed by atoms with Crippen molar-refractivity contribution in [2.45, 2.75) is 11.8 Å². The third-order valence-electron chi connectivity index (χ3n) is 5.71. The number of ether oxygens (including phenoxy) is 1. The van der Waals surface area contributed by atoms with Crippen LogP contribution < -0.4 is 10.1 Å². The summed E-state index contributed by atoms with van der Waals surface area (Å²) in [7, 11) is 1.75. The minimum Gasteiger partial charge on any atom is -0.497 e. The Balaban J connectivity index is 0.000000211. The molecule has 4 rings (SSSR count). The number of carboxylic acids is 2. The topological polar surface area (TPSA) is 95.9 Å². The zero-order valence-electron chi connectivity index (χ0n) is 14.6. The number of carboxylic acid groups (broad SMARTS) is 2. The fourth-order valence-corrected chi connectivity index (χ4v) is 4.68. The number of nitrogens with one attached hydrogen (secondary N) is 1. The Morgan fingerprint density at radius 2 is 1.96 bits per heavy atom. The van der Waals surface area contributed by atoms with Gasteiger partial charge >= 0.3 is 11.9 Å². The molecule has 1 aromatic carbocycles. The average Bonchev–Trinajstić information content (AvgIpc) is 3.33. The predicted molar refractivity (Wildman–Crippen MR) is 96.2 cm³/mol. The van der Waals surface area contributed by atoms with Gasteiger partial charge in [0.05, 0.1) is 7.11 Å². The zero-order chi connectivity index (χ0) is 18.7. The van der Waals surface area contributed by atoms with Crippen LogP contribution in [0.5, 0.6) is 5.75 Å². The summed E-state index contributed by atoms with van der Waals surface area (Å²) in [5.41, 5.74) is 1.79. The van der Waals surface area contributed by atoms with Gasteiger partial charge in [0, 0.05) is 24.1 Å². The van der Waals surface area contributed by atoms with Crippen molar-refractivity contribution in [3.8, 4) is 5.75 Å². The van der Waals surface area contributed by atoms with E-state index in [1.54, 1.807) is 7.11 Å². The Hall–Kier alpha value is -2.60. The highest BCUT2D eigenvalue weighted by molar-refractivity contribution is 5.89. The van der Waals surface area contributed by atoms with Crippen molar-refractivity contribution in [1.82, 2.24) is 5.32 Å². The maximum absolute atomic E-state index is 9.55. The van der Waals surface area contributed by atoms with Crippen LogP contribution in [-0.4, -0.2) is 42.4 Å². The number of benzene rings is 1. The van der Waals surface area contributed by atoms with Gasteiger partial charge in [-0.05, 0) is 48.4 Å². The number of hydrogen-bond acceptors (Lipinski definition) is 4. The molecule has 0 radical (unpaired) electrons. The Labute approximate surface area is 152 Å². The van der Waals surface area contributed by atoms with Gasteiger partial charge in [0.15, 0.2) is 0 Å². The van der Waals surface area contributed by atoms with E-state index in [0.717, 1.165) is 30.0 Å². The van der Waals surface area contributed by atoms with Crippen molar-refractivity contribution < 1.29 is 24.5 Å². The third kappa shape index (κ3) is 3.24. The van der Waals surface area contributed by atoms with E-state index < -0.39 is 11.9 Å². The first-order valence-corrected chi connectivity index (χ1v) is 8.65. The van der Waals surface area contributed by atoms with Crippen molar-refractivity contribution in [3.63, 3.8) is 0 Å². The summed E-state index contributed by atoms with van der Waals surface area (Å²) in [6.45, 7) is 2.29. The molecule has 1 saturated carbocycles. The molecule has 1 aliphatic heterocycles. The van der Waals surface area contributed by atoms with Crippen LogP contribution in [0.3, 0.4) is 0 Å². The SMILES string of the molecule is COc1cccc(C23CNCC2C2C=CC3C2)c1.O=C(O)/C=C\C(=O)O. The molecule has 2 fully saturated rings.